The molecule has 3 rings (SSSR count). The first-order valence-corrected chi connectivity index (χ1v) is 9.54. The van der Waals surface area contributed by atoms with Crippen molar-refractivity contribution in [2.45, 2.75) is 20.0 Å². The molecule has 6 nitrogen and oxygen atoms in total. The summed E-state index contributed by atoms with van der Waals surface area (Å²) in [6, 6.07) is 8.00. The van der Waals surface area contributed by atoms with E-state index in [1.54, 1.807) is 6.92 Å². The molecule has 26 heavy (non-hydrogen) atoms. The first kappa shape index (κ1) is 18.8. The molecule has 0 amide bonds. The van der Waals surface area contributed by atoms with Crippen LogP contribution in [0, 0.1) is 6.92 Å². The average molecular weight is 436 g/mol. The fraction of sp³-hybridized carbons (Fsp3) is 0.278. The summed E-state index contributed by atoms with van der Waals surface area (Å²) in [6.45, 7) is 2.93. The van der Waals surface area contributed by atoms with Gasteiger partial charge in [-0.3, -0.25) is 9.69 Å². The first-order valence-electron chi connectivity index (χ1n) is 7.93. The van der Waals surface area contributed by atoms with Crippen LogP contribution in [0.4, 0.5) is 0 Å². The second kappa shape index (κ2) is 7.69. The van der Waals surface area contributed by atoms with Gasteiger partial charge in [-0.2, -0.15) is 0 Å². The van der Waals surface area contributed by atoms with Crippen LogP contribution < -0.4 is 5.56 Å². The summed E-state index contributed by atoms with van der Waals surface area (Å²) in [7, 11) is 3.29. The SMILES string of the molecule is COC(=O)c1sc2nc(CN(C)Cc3ccccc3Br)[nH]c(=O)c2c1C. The van der Waals surface area contributed by atoms with E-state index in [9.17, 15) is 9.59 Å². The zero-order valence-electron chi connectivity index (χ0n) is 14.6. The number of ether oxygens (including phenoxy) is 1. The summed E-state index contributed by atoms with van der Waals surface area (Å²) in [6.07, 6.45) is 0. The quantitative estimate of drug-likeness (QED) is 0.620. The molecule has 0 aliphatic heterocycles. The van der Waals surface area contributed by atoms with Crippen molar-refractivity contribution in [1.82, 2.24) is 14.9 Å². The van der Waals surface area contributed by atoms with Crippen LogP contribution in [0.2, 0.25) is 0 Å². The molecule has 2 aromatic heterocycles. The highest BCUT2D eigenvalue weighted by atomic mass is 79.9. The van der Waals surface area contributed by atoms with Crippen LogP contribution in [-0.2, 0) is 17.8 Å². The van der Waals surface area contributed by atoms with Crippen LogP contribution in [-0.4, -0.2) is 35.0 Å². The fourth-order valence-corrected chi connectivity index (χ4v) is 4.31. The van der Waals surface area contributed by atoms with E-state index in [4.69, 9.17) is 4.74 Å². The van der Waals surface area contributed by atoms with E-state index in [0.29, 0.717) is 39.6 Å². The molecule has 3 aromatic rings. The molecule has 0 aliphatic carbocycles. The van der Waals surface area contributed by atoms with Gasteiger partial charge in [0, 0.05) is 11.0 Å². The van der Waals surface area contributed by atoms with Crippen LogP contribution in [0.5, 0.6) is 0 Å². The minimum Gasteiger partial charge on any atom is -0.465 e. The van der Waals surface area contributed by atoms with Crippen molar-refractivity contribution in [2.75, 3.05) is 14.2 Å². The Kier molecular flexibility index (Phi) is 5.55. The van der Waals surface area contributed by atoms with Gasteiger partial charge >= 0.3 is 5.97 Å². The minimum absolute atomic E-state index is 0.233. The van der Waals surface area contributed by atoms with Gasteiger partial charge in [0.2, 0.25) is 0 Å². The number of carbonyl (C=O) groups excluding carboxylic acids is 1. The molecule has 136 valence electrons. The Bertz CT molecular complexity index is 1030. The van der Waals surface area contributed by atoms with Gasteiger partial charge in [-0.1, -0.05) is 34.1 Å². The van der Waals surface area contributed by atoms with E-state index >= 15 is 0 Å². The Morgan fingerprint density at radius 2 is 2.08 bits per heavy atom. The molecular formula is C18H18BrN3O3S. The van der Waals surface area contributed by atoms with E-state index in [0.717, 1.165) is 10.0 Å². The molecule has 0 saturated carbocycles. The number of rotatable bonds is 5. The smallest absolute Gasteiger partial charge is 0.348 e. The van der Waals surface area contributed by atoms with Crippen LogP contribution in [0.3, 0.4) is 0 Å². The van der Waals surface area contributed by atoms with Crippen molar-refractivity contribution in [2.24, 2.45) is 0 Å². The van der Waals surface area contributed by atoms with Gasteiger partial charge in [-0.05, 0) is 31.2 Å². The lowest BCUT2D eigenvalue weighted by Crippen LogP contribution is -2.21. The van der Waals surface area contributed by atoms with Crippen molar-refractivity contribution in [3.05, 3.63) is 60.9 Å². The fourth-order valence-electron chi connectivity index (χ4n) is 2.78. The van der Waals surface area contributed by atoms with Gasteiger partial charge in [0.25, 0.3) is 5.56 Å². The summed E-state index contributed by atoms with van der Waals surface area (Å²) in [5, 5.41) is 0.451. The number of hydrogen-bond acceptors (Lipinski definition) is 6. The van der Waals surface area contributed by atoms with Gasteiger partial charge in [0.1, 0.15) is 15.5 Å². The molecular weight excluding hydrogens is 418 g/mol. The number of aromatic nitrogens is 2. The van der Waals surface area contributed by atoms with Crippen LogP contribution in [0.15, 0.2) is 33.5 Å². The Balaban J connectivity index is 1.88. The molecule has 0 bridgehead atoms. The molecule has 8 heteroatoms. The zero-order valence-corrected chi connectivity index (χ0v) is 17.0. The molecule has 1 aromatic carbocycles. The van der Waals surface area contributed by atoms with E-state index in [1.165, 1.54) is 18.4 Å². The number of esters is 1. The number of fused-ring (bicyclic) bond motifs is 1. The Hall–Kier alpha value is -2.03. The maximum Gasteiger partial charge on any atom is 0.348 e. The molecule has 0 unspecified atom stereocenters. The third-order valence-corrected chi connectivity index (χ3v) is 5.98. The van der Waals surface area contributed by atoms with E-state index in [-0.39, 0.29) is 5.56 Å². The lowest BCUT2D eigenvalue weighted by molar-refractivity contribution is 0.0605. The monoisotopic (exact) mass is 435 g/mol. The number of aromatic amines is 1. The number of carbonyl (C=O) groups is 1. The van der Waals surface area contributed by atoms with E-state index in [1.807, 2.05) is 31.3 Å². The maximum absolute atomic E-state index is 12.5. The summed E-state index contributed by atoms with van der Waals surface area (Å²) in [5.74, 6) is 0.118. The number of thiophene rings is 1. The summed E-state index contributed by atoms with van der Waals surface area (Å²) in [5.41, 5.74) is 1.53. The standard InChI is InChI=1S/C18H18BrN3O3S/c1-10-14-16(23)20-13(21-17(14)26-15(10)18(24)25-3)9-22(2)8-11-6-4-5-7-12(11)19/h4-7H,8-9H2,1-3H3,(H,20,21,23). The lowest BCUT2D eigenvalue weighted by atomic mass is 10.2. The zero-order chi connectivity index (χ0) is 18.8. The van der Waals surface area contributed by atoms with Crippen LogP contribution >= 0.6 is 27.3 Å². The molecule has 0 radical (unpaired) electrons. The first-order chi connectivity index (χ1) is 12.4. The molecule has 1 N–H and O–H groups in total. The second-order valence-corrected chi connectivity index (χ2v) is 7.86. The number of benzene rings is 1. The van der Waals surface area contributed by atoms with Gasteiger partial charge < -0.3 is 9.72 Å². The van der Waals surface area contributed by atoms with Crippen molar-refractivity contribution < 1.29 is 9.53 Å². The Morgan fingerprint density at radius 1 is 1.35 bits per heavy atom. The predicted molar refractivity (Wildman–Crippen MR) is 106 cm³/mol. The molecule has 0 fully saturated rings. The summed E-state index contributed by atoms with van der Waals surface area (Å²) < 4.78 is 5.82. The van der Waals surface area contributed by atoms with Gasteiger partial charge in [0.05, 0.1) is 19.0 Å². The van der Waals surface area contributed by atoms with Crippen molar-refractivity contribution in [3.8, 4) is 0 Å². The van der Waals surface area contributed by atoms with Crippen molar-refractivity contribution in [1.29, 1.82) is 0 Å². The second-order valence-electron chi connectivity index (χ2n) is 6.00. The number of aryl methyl sites for hydroxylation is 1. The van der Waals surface area contributed by atoms with Crippen LogP contribution in [0.1, 0.15) is 26.6 Å². The number of hydrogen-bond donors (Lipinski definition) is 1. The van der Waals surface area contributed by atoms with Crippen LogP contribution in [0.25, 0.3) is 10.2 Å². The number of nitrogens with one attached hydrogen (secondary N) is 1. The lowest BCUT2D eigenvalue weighted by Gasteiger charge is -2.16. The summed E-state index contributed by atoms with van der Waals surface area (Å²) >= 11 is 4.73. The molecule has 0 aliphatic rings. The maximum atomic E-state index is 12.5. The number of halogens is 1. The van der Waals surface area contributed by atoms with Crippen molar-refractivity contribution >= 4 is 43.5 Å². The highest BCUT2D eigenvalue weighted by molar-refractivity contribution is 9.10. The number of methoxy groups -OCH3 is 1. The normalized spacial score (nSPS) is 11.3. The minimum atomic E-state index is -0.447. The molecule has 0 atom stereocenters. The highest BCUT2D eigenvalue weighted by Gasteiger charge is 2.20. The molecule has 2 heterocycles. The average Bonchev–Trinajstić information content (AvgIpc) is 2.93. The van der Waals surface area contributed by atoms with Gasteiger partial charge in [-0.15, -0.1) is 11.3 Å². The molecule has 0 saturated heterocycles. The third-order valence-electron chi connectivity index (χ3n) is 4.04. The summed E-state index contributed by atoms with van der Waals surface area (Å²) in [4.78, 5) is 34.7. The van der Waals surface area contributed by atoms with E-state index in [2.05, 4.69) is 30.8 Å². The topological polar surface area (TPSA) is 75.3 Å². The third kappa shape index (κ3) is 3.72. The Morgan fingerprint density at radius 3 is 2.77 bits per heavy atom. The Labute approximate surface area is 163 Å². The number of nitrogens with zero attached hydrogens (tertiary/aromatic N) is 2. The largest absolute Gasteiger partial charge is 0.465 e. The van der Waals surface area contributed by atoms with Crippen molar-refractivity contribution in [3.63, 3.8) is 0 Å². The van der Waals surface area contributed by atoms with E-state index < -0.39 is 5.97 Å². The molecule has 0 spiro atoms. The number of H-pyrrole nitrogens is 1. The highest BCUT2D eigenvalue weighted by Crippen LogP contribution is 2.27. The van der Waals surface area contributed by atoms with Gasteiger partial charge in [0.15, 0.2) is 0 Å². The van der Waals surface area contributed by atoms with Gasteiger partial charge in [-0.25, -0.2) is 9.78 Å². The predicted octanol–water partition coefficient (Wildman–Crippen LogP) is 3.47.